The second-order valence-corrected chi connectivity index (χ2v) is 5.14. The average molecular weight is 264 g/mol. The molecule has 19 heavy (non-hydrogen) atoms. The van der Waals surface area contributed by atoms with Crippen molar-refractivity contribution in [1.29, 1.82) is 0 Å². The van der Waals surface area contributed by atoms with Gasteiger partial charge in [-0.1, -0.05) is 6.92 Å². The van der Waals surface area contributed by atoms with Crippen molar-refractivity contribution in [1.82, 2.24) is 4.90 Å². The molecule has 3 nitrogen and oxygen atoms in total. The summed E-state index contributed by atoms with van der Waals surface area (Å²) in [7, 11) is 0. The van der Waals surface area contributed by atoms with Crippen LogP contribution in [0.15, 0.2) is 18.2 Å². The third-order valence-corrected chi connectivity index (χ3v) is 3.93. The summed E-state index contributed by atoms with van der Waals surface area (Å²) in [5, 5.41) is 0. The number of aldehydes is 1. The average Bonchev–Trinajstić information content (AvgIpc) is 2.46. The van der Waals surface area contributed by atoms with Gasteiger partial charge in [0.2, 0.25) is 0 Å². The van der Waals surface area contributed by atoms with Gasteiger partial charge in [0.05, 0.1) is 0 Å². The zero-order chi connectivity index (χ0) is 13.8. The van der Waals surface area contributed by atoms with E-state index in [1.807, 2.05) is 0 Å². The first-order valence-corrected chi connectivity index (χ1v) is 6.88. The quantitative estimate of drug-likeness (QED) is 0.781. The number of rotatable bonds is 4. The molecule has 0 aliphatic carbocycles. The molecule has 0 spiro atoms. The zero-order valence-electron chi connectivity index (χ0n) is 11.6. The van der Waals surface area contributed by atoms with Crippen LogP contribution in [0.5, 0.6) is 0 Å². The van der Waals surface area contributed by atoms with Crippen molar-refractivity contribution in [3.05, 3.63) is 29.6 Å². The van der Waals surface area contributed by atoms with E-state index in [0.29, 0.717) is 17.9 Å². The molecule has 0 N–H and O–H groups in total. The molecule has 1 aromatic rings. The molecule has 1 heterocycles. The highest BCUT2D eigenvalue weighted by Gasteiger charge is 2.20. The van der Waals surface area contributed by atoms with Crippen LogP contribution >= 0.6 is 0 Å². The van der Waals surface area contributed by atoms with Crippen molar-refractivity contribution < 1.29 is 9.18 Å². The normalized spacial score (nSPS) is 18.4. The SMILES string of the molecule is CCC(C)N1CCN(c2cc(F)cc(C=O)c2)CC1. The Bertz CT molecular complexity index is 442. The van der Waals surface area contributed by atoms with E-state index in [0.717, 1.165) is 38.3 Å². The molecule has 0 amide bonds. The summed E-state index contributed by atoms with van der Waals surface area (Å²) in [6, 6.07) is 5.13. The van der Waals surface area contributed by atoms with Crippen molar-refractivity contribution in [2.24, 2.45) is 0 Å². The van der Waals surface area contributed by atoms with Crippen LogP contribution in [0, 0.1) is 5.82 Å². The van der Waals surface area contributed by atoms with Gasteiger partial charge in [0.1, 0.15) is 12.1 Å². The number of carbonyl (C=O) groups excluding carboxylic acids is 1. The fourth-order valence-corrected chi connectivity index (χ4v) is 2.53. The van der Waals surface area contributed by atoms with Gasteiger partial charge in [0.15, 0.2) is 0 Å². The minimum absolute atomic E-state index is 0.344. The number of nitrogens with zero attached hydrogens (tertiary/aromatic N) is 2. The lowest BCUT2D eigenvalue weighted by Gasteiger charge is -2.39. The molecule has 1 aliphatic heterocycles. The lowest BCUT2D eigenvalue weighted by Crippen LogP contribution is -2.49. The van der Waals surface area contributed by atoms with Crippen LogP contribution in [0.25, 0.3) is 0 Å². The van der Waals surface area contributed by atoms with Crippen molar-refractivity contribution >= 4 is 12.0 Å². The van der Waals surface area contributed by atoms with Crippen LogP contribution in [-0.2, 0) is 0 Å². The molecular weight excluding hydrogens is 243 g/mol. The molecule has 1 fully saturated rings. The summed E-state index contributed by atoms with van der Waals surface area (Å²) >= 11 is 0. The number of piperazine rings is 1. The molecule has 2 rings (SSSR count). The zero-order valence-corrected chi connectivity index (χ0v) is 11.6. The number of anilines is 1. The minimum atomic E-state index is -0.344. The predicted octanol–water partition coefficient (Wildman–Crippen LogP) is 2.56. The molecule has 0 bridgehead atoms. The Kier molecular flexibility index (Phi) is 4.53. The van der Waals surface area contributed by atoms with E-state index in [9.17, 15) is 9.18 Å². The third-order valence-electron chi connectivity index (χ3n) is 3.93. The first-order chi connectivity index (χ1) is 9.13. The molecular formula is C15H21FN2O. The van der Waals surface area contributed by atoms with Gasteiger partial charge in [-0.25, -0.2) is 4.39 Å². The summed E-state index contributed by atoms with van der Waals surface area (Å²) in [5.41, 5.74) is 1.21. The summed E-state index contributed by atoms with van der Waals surface area (Å²) in [5.74, 6) is -0.344. The van der Waals surface area contributed by atoms with E-state index in [-0.39, 0.29) is 5.82 Å². The number of benzene rings is 1. The highest BCUT2D eigenvalue weighted by molar-refractivity contribution is 5.77. The van der Waals surface area contributed by atoms with Gasteiger partial charge in [-0.3, -0.25) is 9.69 Å². The van der Waals surface area contributed by atoms with Crippen LogP contribution in [0.3, 0.4) is 0 Å². The van der Waals surface area contributed by atoms with Crippen molar-refractivity contribution in [2.45, 2.75) is 26.3 Å². The lowest BCUT2D eigenvalue weighted by atomic mass is 10.1. The predicted molar refractivity (Wildman–Crippen MR) is 75.3 cm³/mol. The molecule has 4 heteroatoms. The van der Waals surface area contributed by atoms with Gasteiger partial charge in [0.25, 0.3) is 0 Å². The second kappa shape index (κ2) is 6.15. The van der Waals surface area contributed by atoms with Gasteiger partial charge in [-0.05, 0) is 31.5 Å². The highest BCUT2D eigenvalue weighted by atomic mass is 19.1. The van der Waals surface area contributed by atoms with E-state index >= 15 is 0 Å². The van der Waals surface area contributed by atoms with E-state index in [1.165, 1.54) is 12.1 Å². The number of halogens is 1. The van der Waals surface area contributed by atoms with E-state index in [1.54, 1.807) is 6.07 Å². The first kappa shape index (κ1) is 14.0. The van der Waals surface area contributed by atoms with Gasteiger partial charge >= 0.3 is 0 Å². The smallest absolute Gasteiger partial charge is 0.150 e. The third kappa shape index (κ3) is 3.32. The largest absolute Gasteiger partial charge is 0.369 e. The summed E-state index contributed by atoms with van der Waals surface area (Å²) in [4.78, 5) is 15.4. The molecule has 0 aromatic heterocycles. The highest BCUT2D eigenvalue weighted by Crippen LogP contribution is 2.20. The maximum absolute atomic E-state index is 13.4. The van der Waals surface area contributed by atoms with Gasteiger partial charge < -0.3 is 4.90 Å². The van der Waals surface area contributed by atoms with Crippen LogP contribution in [-0.4, -0.2) is 43.4 Å². The van der Waals surface area contributed by atoms with Gasteiger partial charge in [0, 0.05) is 43.5 Å². The van der Waals surface area contributed by atoms with Gasteiger partial charge in [-0.15, -0.1) is 0 Å². The monoisotopic (exact) mass is 264 g/mol. The maximum atomic E-state index is 13.4. The molecule has 1 unspecified atom stereocenters. The number of carbonyl (C=O) groups is 1. The minimum Gasteiger partial charge on any atom is -0.369 e. The maximum Gasteiger partial charge on any atom is 0.150 e. The Labute approximate surface area is 114 Å². The Morgan fingerprint density at radius 2 is 1.95 bits per heavy atom. The van der Waals surface area contributed by atoms with Crippen LogP contribution in [0.1, 0.15) is 30.6 Å². The standard InChI is InChI=1S/C15H21FN2O/c1-3-12(2)17-4-6-18(7-5-17)15-9-13(11-19)8-14(16)10-15/h8-12H,3-7H2,1-2H3. The Morgan fingerprint density at radius 3 is 2.53 bits per heavy atom. The second-order valence-electron chi connectivity index (χ2n) is 5.14. The molecule has 104 valence electrons. The summed E-state index contributed by atoms with van der Waals surface area (Å²) in [6.45, 7) is 8.17. The van der Waals surface area contributed by atoms with Crippen molar-refractivity contribution in [3.8, 4) is 0 Å². The first-order valence-electron chi connectivity index (χ1n) is 6.88. The number of hydrogen-bond acceptors (Lipinski definition) is 3. The molecule has 1 aliphatic rings. The Balaban J connectivity index is 2.05. The summed E-state index contributed by atoms with van der Waals surface area (Å²) in [6.07, 6.45) is 1.84. The van der Waals surface area contributed by atoms with Gasteiger partial charge in [-0.2, -0.15) is 0 Å². The van der Waals surface area contributed by atoms with E-state index < -0.39 is 0 Å². The molecule has 0 radical (unpaired) electrons. The molecule has 1 atom stereocenters. The molecule has 1 aromatic carbocycles. The van der Waals surface area contributed by atoms with E-state index in [4.69, 9.17) is 0 Å². The topological polar surface area (TPSA) is 23.6 Å². The van der Waals surface area contributed by atoms with Crippen LogP contribution in [0.4, 0.5) is 10.1 Å². The van der Waals surface area contributed by atoms with Crippen molar-refractivity contribution in [2.75, 3.05) is 31.1 Å². The van der Waals surface area contributed by atoms with Crippen molar-refractivity contribution in [3.63, 3.8) is 0 Å². The molecule has 0 saturated carbocycles. The Hall–Kier alpha value is -1.42. The Morgan fingerprint density at radius 1 is 1.26 bits per heavy atom. The fourth-order valence-electron chi connectivity index (χ4n) is 2.53. The van der Waals surface area contributed by atoms with Crippen LogP contribution < -0.4 is 4.90 Å². The fraction of sp³-hybridized carbons (Fsp3) is 0.533. The molecule has 1 saturated heterocycles. The van der Waals surface area contributed by atoms with Crippen LogP contribution in [0.2, 0.25) is 0 Å². The lowest BCUT2D eigenvalue weighted by molar-refractivity contribution is 0.112. The number of hydrogen-bond donors (Lipinski definition) is 0. The summed E-state index contributed by atoms with van der Waals surface area (Å²) < 4.78 is 13.4. The van der Waals surface area contributed by atoms with E-state index in [2.05, 4.69) is 23.6 Å².